The summed E-state index contributed by atoms with van der Waals surface area (Å²) in [5, 5.41) is 0. The second-order valence-electron chi connectivity index (χ2n) is 3.39. The van der Waals surface area contributed by atoms with Gasteiger partial charge in [0.05, 0.1) is 6.61 Å². The number of hydrogen-bond donors (Lipinski definition) is 0. The number of halogens is 1. The smallest absolute Gasteiger partial charge is 0.341 e. The molecular formula is C13H13BrO3. The fourth-order valence-electron chi connectivity index (χ4n) is 1.28. The number of hydrogen-bond acceptors (Lipinski definition) is 3. The Hall–Kier alpha value is -1.42. The van der Waals surface area contributed by atoms with Crippen LogP contribution >= 0.6 is 15.9 Å². The van der Waals surface area contributed by atoms with Gasteiger partial charge in [-0.1, -0.05) is 28.1 Å². The van der Waals surface area contributed by atoms with Gasteiger partial charge in [0.2, 0.25) is 0 Å². The zero-order valence-electron chi connectivity index (χ0n) is 9.70. The van der Waals surface area contributed by atoms with Crippen molar-refractivity contribution < 1.29 is 14.3 Å². The van der Waals surface area contributed by atoms with Crippen LogP contribution in [0.5, 0.6) is 0 Å². The summed E-state index contributed by atoms with van der Waals surface area (Å²) in [5.74, 6) is -0.886. The molecule has 90 valence electrons. The Balaban J connectivity index is 3.06. The molecule has 4 heteroatoms. The third kappa shape index (κ3) is 4.15. The number of esters is 1. The predicted molar refractivity (Wildman–Crippen MR) is 69.4 cm³/mol. The van der Waals surface area contributed by atoms with Gasteiger partial charge in [-0.15, -0.1) is 0 Å². The molecule has 17 heavy (non-hydrogen) atoms. The first-order chi connectivity index (χ1) is 8.04. The van der Waals surface area contributed by atoms with Crippen LogP contribution in [0.15, 0.2) is 34.3 Å². The maximum absolute atomic E-state index is 11.6. The number of rotatable bonds is 4. The first kappa shape index (κ1) is 13.6. The van der Waals surface area contributed by atoms with Gasteiger partial charge in [-0.25, -0.2) is 4.79 Å². The van der Waals surface area contributed by atoms with E-state index in [2.05, 4.69) is 15.9 Å². The minimum absolute atomic E-state index is 0.0601. The van der Waals surface area contributed by atoms with E-state index < -0.39 is 5.97 Å². The molecule has 0 N–H and O–H groups in total. The Labute approximate surface area is 109 Å². The van der Waals surface area contributed by atoms with Crippen molar-refractivity contribution in [1.82, 2.24) is 0 Å². The number of carbonyl (C=O) groups excluding carboxylic acids is 2. The minimum atomic E-state index is -0.583. The molecule has 0 heterocycles. The van der Waals surface area contributed by atoms with E-state index in [-0.39, 0.29) is 18.0 Å². The average Bonchev–Trinajstić information content (AvgIpc) is 2.26. The standard InChI is InChI=1S/C13H13BrO3/c1-3-17-13(16)12(9(2)15)8-10-5-4-6-11(14)7-10/h4-8H,3H2,1-2H3. The van der Waals surface area contributed by atoms with Crippen LogP contribution in [0, 0.1) is 0 Å². The molecule has 0 unspecified atom stereocenters. The Morgan fingerprint density at radius 1 is 1.41 bits per heavy atom. The molecule has 0 aromatic heterocycles. The van der Waals surface area contributed by atoms with E-state index in [1.165, 1.54) is 13.0 Å². The summed E-state index contributed by atoms with van der Waals surface area (Å²) in [6, 6.07) is 7.34. The van der Waals surface area contributed by atoms with Crippen LogP contribution < -0.4 is 0 Å². The first-order valence-electron chi connectivity index (χ1n) is 5.20. The summed E-state index contributed by atoms with van der Waals surface area (Å²) in [5.41, 5.74) is 0.836. The number of benzene rings is 1. The second-order valence-corrected chi connectivity index (χ2v) is 4.31. The van der Waals surface area contributed by atoms with Gasteiger partial charge in [0.25, 0.3) is 0 Å². The van der Waals surface area contributed by atoms with E-state index in [0.717, 1.165) is 10.0 Å². The highest BCUT2D eigenvalue weighted by molar-refractivity contribution is 9.10. The molecule has 0 radical (unpaired) electrons. The maximum Gasteiger partial charge on any atom is 0.341 e. The average molecular weight is 297 g/mol. The lowest BCUT2D eigenvalue weighted by molar-refractivity contribution is -0.139. The monoisotopic (exact) mass is 296 g/mol. The second kappa shape index (κ2) is 6.35. The highest BCUT2D eigenvalue weighted by Crippen LogP contribution is 2.15. The van der Waals surface area contributed by atoms with Crippen molar-refractivity contribution in [2.45, 2.75) is 13.8 Å². The highest BCUT2D eigenvalue weighted by atomic mass is 79.9. The van der Waals surface area contributed by atoms with E-state index in [0.29, 0.717) is 0 Å². The molecule has 1 aromatic carbocycles. The molecule has 0 aliphatic rings. The van der Waals surface area contributed by atoms with E-state index in [9.17, 15) is 9.59 Å². The lowest BCUT2D eigenvalue weighted by Gasteiger charge is -2.03. The van der Waals surface area contributed by atoms with Crippen molar-refractivity contribution in [2.24, 2.45) is 0 Å². The van der Waals surface area contributed by atoms with Crippen molar-refractivity contribution in [3.05, 3.63) is 39.9 Å². The van der Waals surface area contributed by atoms with Crippen molar-refractivity contribution in [3.63, 3.8) is 0 Å². The highest BCUT2D eigenvalue weighted by Gasteiger charge is 2.15. The van der Waals surface area contributed by atoms with Gasteiger partial charge in [0.1, 0.15) is 5.57 Å². The molecule has 0 fully saturated rings. The summed E-state index contributed by atoms with van der Waals surface area (Å²) in [4.78, 5) is 22.9. The van der Waals surface area contributed by atoms with Gasteiger partial charge in [-0.3, -0.25) is 4.79 Å². The molecule has 0 saturated heterocycles. The molecule has 0 amide bonds. The van der Waals surface area contributed by atoms with Crippen LogP contribution in [-0.4, -0.2) is 18.4 Å². The van der Waals surface area contributed by atoms with Gasteiger partial charge in [0.15, 0.2) is 5.78 Å². The molecule has 1 rings (SSSR count). The van der Waals surface area contributed by atoms with Crippen LogP contribution in [0.2, 0.25) is 0 Å². The summed E-state index contributed by atoms with van der Waals surface area (Å²) >= 11 is 3.33. The third-order valence-electron chi connectivity index (χ3n) is 2.03. The van der Waals surface area contributed by atoms with E-state index in [1.807, 2.05) is 24.3 Å². The van der Waals surface area contributed by atoms with Crippen LogP contribution in [0.25, 0.3) is 6.08 Å². The predicted octanol–water partition coefficient (Wildman–Crippen LogP) is 2.98. The summed E-state index contributed by atoms with van der Waals surface area (Å²) in [7, 11) is 0. The summed E-state index contributed by atoms with van der Waals surface area (Å²) < 4.78 is 5.72. The Morgan fingerprint density at radius 2 is 2.12 bits per heavy atom. The molecule has 0 aliphatic heterocycles. The van der Waals surface area contributed by atoms with Crippen molar-refractivity contribution in [3.8, 4) is 0 Å². The van der Waals surface area contributed by atoms with E-state index in [1.54, 1.807) is 6.92 Å². The van der Waals surface area contributed by atoms with E-state index in [4.69, 9.17) is 4.74 Å². The molecule has 0 saturated carbocycles. The minimum Gasteiger partial charge on any atom is -0.462 e. The van der Waals surface area contributed by atoms with Crippen LogP contribution in [0.4, 0.5) is 0 Å². The molecule has 1 aromatic rings. The zero-order valence-corrected chi connectivity index (χ0v) is 11.3. The van der Waals surface area contributed by atoms with Gasteiger partial charge in [-0.2, -0.15) is 0 Å². The normalized spacial score (nSPS) is 11.1. The molecule has 0 atom stereocenters. The van der Waals surface area contributed by atoms with Crippen LogP contribution in [-0.2, 0) is 14.3 Å². The number of carbonyl (C=O) groups is 2. The largest absolute Gasteiger partial charge is 0.462 e. The summed E-state index contributed by atoms with van der Waals surface area (Å²) in [6.07, 6.45) is 1.53. The zero-order chi connectivity index (χ0) is 12.8. The van der Waals surface area contributed by atoms with Crippen LogP contribution in [0.1, 0.15) is 19.4 Å². The number of ketones is 1. The van der Waals surface area contributed by atoms with Crippen molar-refractivity contribution in [2.75, 3.05) is 6.61 Å². The van der Waals surface area contributed by atoms with Gasteiger partial charge >= 0.3 is 5.97 Å². The lowest BCUT2D eigenvalue weighted by Crippen LogP contribution is -2.13. The molecule has 0 bridgehead atoms. The first-order valence-corrected chi connectivity index (χ1v) is 5.99. The molecule has 0 spiro atoms. The topological polar surface area (TPSA) is 43.4 Å². The van der Waals surface area contributed by atoms with Crippen molar-refractivity contribution in [1.29, 1.82) is 0 Å². The Kier molecular flexibility index (Phi) is 5.10. The van der Waals surface area contributed by atoms with Crippen molar-refractivity contribution >= 4 is 33.8 Å². The van der Waals surface area contributed by atoms with Crippen LogP contribution in [0.3, 0.4) is 0 Å². The maximum atomic E-state index is 11.6. The van der Waals surface area contributed by atoms with E-state index >= 15 is 0 Å². The Morgan fingerprint density at radius 3 is 2.65 bits per heavy atom. The fraction of sp³-hybridized carbons (Fsp3) is 0.231. The Bertz CT molecular complexity index is 463. The van der Waals surface area contributed by atoms with Gasteiger partial charge < -0.3 is 4.74 Å². The SMILES string of the molecule is CCOC(=O)C(=Cc1cccc(Br)c1)C(C)=O. The third-order valence-corrected chi connectivity index (χ3v) is 2.53. The quantitative estimate of drug-likeness (QED) is 0.371. The summed E-state index contributed by atoms with van der Waals surface area (Å²) in [6.45, 7) is 3.30. The molecule has 0 aliphatic carbocycles. The number of Topliss-reactive ketones (excluding diaryl/α,β-unsaturated/α-hetero) is 1. The molecular weight excluding hydrogens is 284 g/mol. The lowest BCUT2D eigenvalue weighted by atomic mass is 10.1. The number of ether oxygens (including phenoxy) is 1. The fourth-order valence-corrected chi connectivity index (χ4v) is 1.69. The van der Waals surface area contributed by atoms with Gasteiger partial charge in [0, 0.05) is 4.47 Å². The van der Waals surface area contributed by atoms with Gasteiger partial charge in [-0.05, 0) is 37.6 Å². The molecule has 3 nitrogen and oxygen atoms in total.